The molecular weight excluding hydrogens is 708 g/mol. The van der Waals surface area contributed by atoms with Gasteiger partial charge in [-0.2, -0.15) is 11.8 Å². The van der Waals surface area contributed by atoms with Crippen LogP contribution in [0, 0.1) is 11.8 Å². The van der Waals surface area contributed by atoms with Gasteiger partial charge in [0.25, 0.3) is 0 Å². The predicted molar refractivity (Wildman–Crippen MR) is 200 cm³/mol. The molecule has 1 aromatic rings. The molecule has 0 fully saturated rings. The molecule has 53 heavy (non-hydrogen) atoms. The summed E-state index contributed by atoms with van der Waals surface area (Å²) in [6, 6.07) is 2.13. The Kier molecular flexibility index (Phi) is 20.8. The Balaban J connectivity index is 2.95. The lowest BCUT2D eigenvalue weighted by Crippen LogP contribution is -2.58. The number of amides is 7. The quantitative estimate of drug-likeness (QED) is 0.0611. The van der Waals surface area contributed by atoms with E-state index in [9.17, 15) is 38.4 Å². The van der Waals surface area contributed by atoms with Crippen LogP contribution in [0.25, 0.3) is 0 Å². The van der Waals surface area contributed by atoms with Gasteiger partial charge in [-0.1, -0.05) is 58.0 Å². The first-order valence-electron chi connectivity index (χ1n) is 17.4. The van der Waals surface area contributed by atoms with Crippen molar-refractivity contribution in [2.75, 3.05) is 18.6 Å². The van der Waals surface area contributed by atoms with Crippen molar-refractivity contribution in [1.29, 1.82) is 0 Å². The summed E-state index contributed by atoms with van der Waals surface area (Å²) in [6.45, 7) is 8.38. The molecule has 0 aromatic heterocycles. The van der Waals surface area contributed by atoms with Crippen molar-refractivity contribution in [2.45, 2.75) is 103 Å². The van der Waals surface area contributed by atoms with Gasteiger partial charge >= 0.3 is 5.97 Å². The van der Waals surface area contributed by atoms with E-state index in [-0.39, 0.29) is 25.3 Å². The van der Waals surface area contributed by atoms with E-state index in [2.05, 4.69) is 31.9 Å². The van der Waals surface area contributed by atoms with Crippen LogP contribution in [-0.4, -0.2) is 107 Å². The van der Waals surface area contributed by atoms with Gasteiger partial charge in [0.05, 0.1) is 12.5 Å². The number of primary amides is 1. The number of benzene rings is 1. The average molecular weight is 765 g/mol. The smallest absolute Gasteiger partial charge is 0.305 e. The Bertz CT molecular complexity index is 1410. The molecular formula is C35H56N8O9S. The fourth-order valence-electron chi connectivity index (χ4n) is 4.98. The maximum atomic E-state index is 13.6. The van der Waals surface area contributed by atoms with Crippen LogP contribution in [0.4, 0.5) is 0 Å². The van der Waals surface area contributed by atoms with Crippen molar-refractivity contribution in [3.8, 4) is 0 Å². The Morgan fingerprint density at radius 1 is 0.755 bits per heavy atom. The first-order valence-corrected chi connectivity index (χ1v) is 18.8. The molecule has 7 amide bonds. The van der Waals surface area contributed by atoms with Crippen LogP contribution in [0.3, 0.4) is 0 Å². The maximum absolute atomic E-state index is 13.6. The molecule has 296 valence electrons. The minimum absolute atomic E-state index is 0.0268. The fourth-order valence-corrected chi connectivity index (χ4v) is 5.45. The average Bonchev–Trinajstić information content (AvgIpc) is 3.07. The highest BCUT2D eigenvalue weighted by atomic mass is 32.2. The van der Waals surface area contributed by atoms with Crippen LogP contribution in [0.5, 0.6) is 0 Å². The number of carboxylic acid groups (broad SMARTS) is 1. The topological polar surface area (TPSA) is 281 Å². The molecule has 0 heterocycles. The van der Waals surface area contributed by atoms with Crippen LogP contribution in [0.15, 0.2) is 30.3 Å². The van der Waals surface area contributed by atoms with Crippen LogP contribution in [0.2, 0.25) is 0 Å². The van der Waals surface area contributed by atoms with E-state index in [4.69, 9.17) is 16.6 Å². The largest absolute Gasteiger partial charge is 0.481 e. The first kappa shape index (κ1) is 46.3. The van der Waals surface area contributed by atoms with E-state index >= 15 is 0 Å². The summed E-state index contributed by atoms with van der Waals surface area (Å²) in [6.07, 6.45) is 1.70. The molecule has 17 nitrogen and oxygen atoms in total. The van der Waals surface area contributed by atoms with Gasteiger partial charge < -0.3 is 48.5 Å². The summed E-state index contributed by atoms with van der Waals surface area (Å²) in [5, 5.41) is 24.4. The molecule has 0 aliphatic rings. The molecule has 1 aromatic carbocycles. The van der Waals surface area contributed by atoms with Crippen LogP contribution >= 0.6 is 11.8 Å². The number of carbonyl (C=O) groups excluding carboxylic acids is 7. The van der Waals surface area contributed by atoms with Crippen molar-refractivity contribution in [2.24, 2.45) is 23.3 Å². The van der Waals surface area contributed by atoms with Gasteiger partial charge in [0, 0.05) is 19.4 Å². The molecule has 11 N–H and O–H groups in total. The zero-order chi connectivity index (χ0) is 40.2. The number of thioether (sulfide) groups is 1. The molecule has 6 atom stereocenters. The number of rotatable bonds is 24. The van der Waals surface area contributed by atoms with Crippen LogP contribution < -0.4 is 43.4 Å². The molecule has 0 saturated heterocycles. The highest BCUT2D eigenvalue weighted by molar-refractivity contribution is 7.98. The summed E-state index contributed by atoms with van der Waals surface area (Å²) in [4.78, 5) is 101. The third-order valence-electron chi connectivity index (χ3n) is 7.93. The molecule has 0 radical (unpaired) electrons. The van der Waals surface area contributed by atoms with Crippen molar-refractivity contribution in [1.82, 2.24) is 31.9 Å². The van der Waals surface area contributed by atoms with Crippen LogP contribution in [-0.2, 0) is 44.8 Å². The second kappa shape index (κ2) is 23.8. The van der Waals surface area contributed by atoms with E-state index in [0.717, 1.165) is 0 Å². The molecule has 0 unspecified atom stereocenters. The number of aliphatic carboxylic acids is 1. The number of carbonyl (C=O) groups is 8. The second-order valence-electron chi connectivity index (χ2n) is 13.5. The van der Waals surface area contributed by atoms with Crippen molar-refractivity contribution in [3.05, 3.63) is 35.9 Å². The summed E-state index contributed by atoms with van der Waals surface area (Å²) in [5.41, 5.74) is 11.7. The number of hydrogen-bond donors (Lipinski definition) is 9. The lowest BCUT2D eigenvalue weighted by Gasteiger charge is -2.26. The minimum atomic E-state index is -1.39. The molecule has 0 spiro atoms. The minimum Gasteiger partial charge on any atom is -0.481 e. The van der Waals surface area contributed by atoms with E-state index < -0.39 is 95.9 Å². The number of nitrogens with two attached hydrogens (primary N) is 2. The van der Waals surface area contributed by atoms with E-state index in [0.29, 0.717) is 24.2 Å². The molecule has 1 rings (SSSR count). The first-order chi connectivity index (χ1) is 24.9. The maximum Gasteiger partial charge on any atom is 0.305 e. The monoisotopic (exact) mass is 764 g/mol. The Morgan fingerprint density at radius 3 is 1.91 bits per heavy atom. The van der Waals surface area contributed by atoms with E-state index in [1.54, 1.807) is 44.2 Å². The third kappa shape index (κ3) is 18.1. The summed E-state index contributed by atoms with van der Waals surface area (Å²) >= 11 is 1.50. The lowest BCUT2D eigenvalue weighted by atomic mass is 10.0. The Morgan fingerprint density at radius 2 is 1.36 bits per heavy atom. The van der Waals surface area contributed by atoms with Gasteiger partial charge in [-0.15, -0.1) is 0 Å². The van der Waals surface area contributed by atoms with Gasteiger partial charge in [0.15, 0.2) is 0 Å². The van der Waals surface area contributed by atoms with Gasteiger partial charge in [0.2, 0.25) is 41.4 Å². The van der Waals surface area contributed by atoms with Crippen molar-refractivity contribution >= 4 is 59.1 Å². The fraction of sp³-hybridized carbons (Fsp3) is 0.600. The van der Waals surface area contributed by atoms with E-state index in [1.807, 2.05) is 20.1 Å². The van der Waals surface area contributed by atoms with Crippen LogP contribution in [0.1, 0.15) is 65.9 Å². The summed E-state index contributed by atoms with van der Waals surface area (Å²) < 4.78 is 0. The SMILES string of the molecule is CSCC[C@H](NC(=O)[C@@H](CC(C)C)NC(=O)CCNC(=O)[C@@H](NC(=O)[C@@H](Cc1ccccc1)NC(=O)[C@@H](C)NC(=O)[C@H](N)CC(=O)O)C(C)C)C(N)=O. The number of nitrogens with one attached hydrogen (secondary N) is 6. The molecule has 0 bridgehead atoms. The zero-order valence-corrected chi connectivity index (χ0v) is 32.0. The zero-order valence-electron chi connectivity index (χ0n) is 31.2. The highest BCUT2D eigenvalue weighted by Gasteiger charge is 2.31. The molecule has 0 aliphatic carbocycles. The van der Waals surface area contributed by atoms with E-state index in [1.165, 1.54) is 18.7 Å². The molecule has 0 saturated carbocycles. The van der Waals surface area contributed by atoms with Crippen molar-refractivity contribution < 1.29 is 43.5 Å². The molecule has 0 aliphatic heterocycles. The number of carboxylic acids is 1. The van der Waals surface area contributed by atoms with Crippen molar-refractivity contribution in [3.63, 3.8) is 0 Å². The second-order valence-corrected chi connectivity index (χ2v) is 14.4. The van der Waals surface area contributed by atoms with Gasteiger partial charge in [-0.05, 0) is 49.2 Å². The Labute approximate surface area is 314 Å². The predicted octanol–water partition coefficient (Wildman–Crippen LogP) is -1.08. The summed E-state index contributed by atoms with van der Waals surface area (Å²) in [7, 11) is 0. The van der Waals surface area contributed by atoms with Gasteiger partial charge in [-0.3, -0.25) is 38.4 Å². The number of hydrogen-bond acceptors (Lipinski definition) is 10. The highest BCUT2D eigenvalue weighted by Crippen LogP contribution is 2.09. The Hall–Kier alpha value is -4.71. The third-order valence-corrected chi connectivity index (χ3v) is 8.57. The van der Waals surface area contributed by atoms with Gasteiger partial charge in [0.1, 0.15) is 30.2 Å². The van der Waals surface area contributed by atoms with Gasteiger partial charge in [-0.25, -0.2) is 0 Å². The normalized spacial score (nSPS) is 14.4. The molecule has 18 heteroatoms. The standard InChI is InChI=1S/C35H56N8O9S/c1-19(2)16-25(33(50)41-24(30(37)47)13-15-53-6)40-27(44)12-14-38-35(52)29(20(3)4)43-34(51)26(17-22-10-8-7-9-11-22)42-31(48)21(5)39-32(49)23(36)18-28(45)46/h7-11,19-21,23-26,29H,12-18,36H2,1-6H3,(H2,37,47)(H,38,52)(H,39,49)(H,40,44)(H,41,50)(H,42,48)(H,43,51)(H,45,46)/t21-,23-,24+,25-,26-,29+/m1/s1. The summed E-state index contributed by atoms with van der Waals surface area (Å²) in [5.74, 6) is -5.71. The lowest BCUT2D eigenvalue weighted by molar-refractivity contribution is -0.139.